The Balaban J connectivity index is 2.25. The standard InChI is InChI=1S/C27H33F3N4O2/c1-7-10-11-12-22(8-2)33(6)25-23(15-19(4)16-32-25)26(35)34(9-3)20(5)18-36-24-14-13-21(17-31-24)27(28,29)30/h12-17,20H,7-9,18H2,1-6H3/b22-12-. The second-order valence-corrected chi connectivity index (χ2v) is 8.24. The minimum absolute atomic E-state index is 0.0573. The van der Waals surface area contributed by atoms with Gasteiger partial charge in [-0.2, -0.15) is 13.2 Å². The molecule has 2 heterocycles. The number of alkyl halides is 3. The van der Waals surface area contributed by atoms with Gasteiger partial charge < -0.3 is 14.5 Å². The first-order valence-corrected chi connectivity index (χ1v) is 11.9. The van der Waals surface area contributed by atoms with E-state index >= 15 is 0 Å². The fourth-order valence-corrected chi connectivity index (χ4v) is 3.53. The second-order valence-electron chi connectivity index (χ2n) is 8.24. The molecule has 0 aliphatic rings. The Labute approximate surface area is 211 Å². The number of carbonyl (C=O) groups excluding carboxylic acids is 1. The maximum atomic E-state index is 13.6. The number of carbonyl (C=O) groups is 1. The van der Waals surface area contributed by atoms with E-state index in [9.17, 15) is 18.0 Å². The SMILES string of the molecule is CCC#C/C=C(/CC)N(C)c1ncc(C)cc1C(=O)N(CC)C(C)COc1ccc(C(F)(F)F)cn1. The summed E-state index contributed by atoms with van der Waals surface area (Å²) < 4.78 is 43.9. The number of halogens is 3. The van der Waals surface area contributed by atoms with Gasteiger partial charge in [0.2, 0.25) is 5.88 Å². The summed E-state index contributed by atoms with van der Waals surface area (Å²) in [5.74, 6) is 6.41. The van der Waals surface area contributed by atoms with Crippen LogP contribution in [0.5, 0.6) is 5.88 Å². The lowest BCUT2D eigenvalue weighted by Crippen LogP contribution is -2.42. The van der Waals surface area contributed by atoms with Crippen molar-refractivity contribution in [2.75, 3.05) is 25.1 Å². The highest BCUT2D eigenvalue weighted by Crippen LogP contribution is 2.29. The Hall–Kier alpha value is -3.54. The first-order valence-electron chi connectivity index (χ1n) is 11.9. The average Bonchev–Trinajstić information content (AvgIpc) is 2.85. The number of aryl methyl sites for hydroxylation is 1. The van der Waals surface area contributed by atoms with Crippen LogP contribution in [0, 0.1) is 18.8 Å². The van der Waals surface area contributed by atoms with Gasteiger partial charge in [-0.05, 0) is 44.9 Å². The van der Waals surface area contributed by atoms with Crippen LogP contribution < -0.4 is 9.64 Å². The smallest absolute Gasteiger partial charge is 0.417 e. The molecule has 0 spiro atoms. The van der Waals surface area contributed by atoms with Crippen molar-refractivity contribution < 1.29 is 22.7 Å². The molecule has 36 heavy (non-hydrogen) atoms. The van der Waals surface area contributed by atoms with Gasteiger partial charge in [0.15, 0.2) is 0 Å². The zero-order chi connectivity index (χ0) is 26.9. The minimum atomic E-state index is -4.47. The van der Waals surface area contributed by atoms with E-state index in [1.807, 2.05) is 52.6 Å². The maximum Gasteiger partial charge on any atom is 0.417 e. The fraction of sp³-hybridized carbons (Fsp3) is 0.444. The molecule has 0 fully saturated rings. The third-order valence-electron chi connectivity index (χ3n) is 5.53. The van der Waals surface area contributed by atoms with Crippen LogP contribution in [-0.2, 0) is 6.18 Å². The van der Waals surface area contributed by atoms with Crippen LogP contribution in [0.15, 0.2) is 42.4 Å². The van der Waals surface area contributed by atoms with Crippen molar-refractivity contribution in [1.29, 1.82) is 0 Å². The molecule has 0 saturated heterocycles. The van der Waals surface area contributed by atoms with E-state index in [-0.39, 0.29) is 24.4 Å². The molecule has 0 radical (unpaired) electrons. The van der Waals surface area contributed by atoms with Crippen molar-refractivity contribution in [1.82, 2.24) is 14.9 Å². The van der Waals surface area contributed by atoms with Crippen LogP contribution in [-0.4, -0.2) is 47.0 Å². The van der Waals surface area contributed by atoms with E-state index in [0.717, 1.165) is 29.9 Å². The summed E-state index contributed by atoms with van der Waals surface area (Å²) in [6.07, 6.45) is 1.27. The van der Waals surface area contributed by atoms with E-state index in [4.69, 9.17) is 4.74 Å². The number of hydrogen-bond acceptors (Lipinski definition) is 5. The van der Waals surface area contributed by atoms with Gasteiger partial charge in [-0.1, -0.05) is 25.7 Å². The largest absolute Gasteiger partial charge is 0.475 e. The predicted molar refractivity (Wildman–Crippen MR) is 135 cm³/mol. The molecule has 0 aliphatic carbocycles. The molecular weight excluding hydrogens is 469 g/mol. The Morgan fingerprint density at radius 2 is 1.92 bits per heavy atom. The summed E-state index contributed by atoms with van der Waals surface area (Å²) in [4.78, 5) is 25.4. The van der Waals surface area contributed by atoms with Crippen LogP contribution in [0.2, 0.25) is 0 Å². The Kier molecular flexibility index (Phi) is 10.3. The molecule has 0 N–H and O–H groups in total. The van der Waals surface area contributed by atoms with Crippen LogP contribution in [0.3, 0.4) is 0 Å². The number of ether oxygens (including phenoxy) is 1. The molecule has 0 aliphatic heterocycles. The Morgan fingerprint density at radius 3 is 2.47 bits per heavy atom. The molecule has 0 aromatic carbocycles. The van der Waals surface area contributed by atoms with Crippen molar-refractivity contribution in [2.24, 2.45) is 0 Å². The molecule has 2 aromatic rings. The first-order chi connectivity index (χ1) is 17.0. The highest BCUT2D eigenvalue weighted by Gasteiger charge is 2.31. The highest BCUT2D eigenvalue weighted by atomic mass is 19.4. The lowest BCUT2D eigenvalue weighted by Gasteiger charge is -2.30. The number of aromatic nitrogens is 2. The van der Waals surface area contributed by atoms with Gasteiger partial charge in [-0.15, -0.1) is 0 Å². The van der Waals surface area contributed by atoms with Gasteiger partial charge in [0, 0.05) is 50.2 Å². The van der Waals surface area contributed by atoms with Gasteiger partial charge in [-0.3, -0.25) is 4.79 Å². The second kappa shape index (κ2) is 13.0. The van der Waals surface area contributed by atoms with Crippen LogP contribution >= 0.6 is 0 Å². The lowest BCUT2D eigenvalue weighted by molar-refractivity contribution is -0.137. The molecule has 9 heteroatoms. The number of pyridine rings is 2. The lowest BCUT2D eigenvalue weighted by atomic mass is 10.1. The maximum absolute atomic E-state index is 13.6. The zero-order valence-corrected chi connectivity index (χ0v) is 21.6. The minimum Gasteiger partial charge on any atom is -0.475 e. The number of allylic oxidation sites excluding steroid dienone is 2. The van der Waals surface area contributed by atoms with Crippen molar-refractivity contribution in [3.05, 3.63) is 59.1 Å². The molecular formula is C27H33F3N4O2. The first kappa shape index (κ1) is 28.7. The molecule has 194 valence electrons. The molecule has 0 saturated carbocycles. The van der Waals surface area contributed by atoms with Gasteiger partial charge in [0.25, 0.3) is 5.91 Å². The Morgan fingerprint density at radius 1 is 1.19 bits per heavy atom. The summed E-state index contributed by atoms with van der Waals surface area (Å²) in [5, 5.41) is 0. The van der Waals surface area contributed by atoms with E-state index in [2.05, 4.69) is 21.8 Å². The van der Waals surface area contributed by atoms with Crippen molar-refractivity contribution in [3.63, 3.8) is 0 Å². The molecule has 2 rings (SSSR count). The number of hydrogen-bond donors (Lipinski definition) is 0. The quantitative estimate of drug-likeness (QED) is 0.401. The van der Waals surface area contributed by atoms with E-state index in [1.165, 1.54) is 6.07 Å². The van der Waals surface area contributed by atoms with E-state index < -0.39 is 11.7 Å². The van der Waals surface area contributed by atoms with E-state index in [1.54, 1.807) is 17.2 Å². The van der Waals surface area contributed by atoms with Crippen LogP contribution in [0.1, 0.15) is 62.0 Å². The third-order valence-corrected chi connectivity index (χ3v) is 5.53. The van der Waals surface area contributed by atoms with Crippen molar-refractivity contribution in [2.45, 2.75) is 59.7 Å². The highest BCUT2D eigenvalue weighted by molar-refractivity contribution is 5.99. The summed E-state index contributed by atoms with van der Waals surface area (Å²) >= 11 is 0. The summed E-state index contributed by atoms with van der Waals surface area (Å²) in [5.41, 5.74) is 1.37. The van der Waals surface area contributed by atoms with Gasteiger partial charge in [0.05, 0.1) is 17.2 Å². The topological polar surface area (TPSA) is 58.6 Å². The van der Waals surface area contributed by atoms with Crippen LogP contribution in [0.4, 0.5) is 19.0 Å². The van der Waals surface area contributed by atoms with Crippen molar-refractivity contribution in [3.8, 4) is 17.7 Å². The van der Waals surface area contributed by atoms with Gasteiger partial charge in [-0.25, -0.2) is 9.97 Å². The molecule has 0 bridgehead atoms. The normalized spacial score (nSPS) is 12.4. The van der Waals surface area contributed by atoms with E-state index in [0.29, 0.717) is 24.3 Å². The summed E-state index contributed by atoms with van der Waals surface area (Å²) in [6.45, 7) is 10.0. The number of nitrogens with zero attached hydrogens (tertiary/aromatic N) is 4. The molecule has 6 nitrogen and oxygen atoms in total. The molecule has 1 amide bonds. The monoisotopic (exact) mass is 502 g/mol. The predicted octanol–water partition coefficient (Wildman–Crippen LogP) is 5.88. The van der Waals surface area contributed by atoms with Gasteiger partial charge in [0.1, 0.15) is 12.4 Å². The molecule has 2 aromatic heterocycles. The average molecular weight is 503 g/mol. The number of likely N-dealkylation sites (N-methyl/N-ethyl adjacent to an activating group) is 1. The number of amides is 1. The van der Waals surface area contributed by atoms with Crippen molar-refractivity contribution >= 4 is 11.7 Å². The molecule has 1 unspecified atom stereocenters. The zero-order valence-electron chi connectivity index (χ0n) is 21.6. The summed E-state index contributed by atoms with van der Waals surface area (Å²) in [7, 11) is 1.86. The Bertz CT molecular complexity index is 1120. The summed E-state index contributed by atoms with van der Waals surface area (Å²) in [6, 6.07) is 3.52. The van der Waals surface area contributed by atoms with Gasteiger partial charge >= 0.3 is 6.18 Å². The number of rotatable bonds is 9. The third kappa shape index (κ3) is 7.48. The fourth-order valence-electron chi connectivity index (χ4n) is 3.53. The number of anilines is 1. The molecule has 1 atom stereocenters. The van der Waals surface area contributed by atoms with Crippen LogP contribution in [0.25, 0.3) is 0 Å².